The van der Waals surface area contributed by atoms with Gasteiger partial charge < -0.3 is 9.47 Å². The number of hydrogen-bond acceptors (Lipinski definition) is 4. The van der Waals surface area contributed by atoms with E-state index in [1.54, 1.807) is 24.3 Å². The lowest BCUT2D eigenvalue weighted by molar-refractivity contribution is -0.131. The van der Waals surface area contributed by atoms with E-state index >= 15 is 0 Å². The first-order chi connectivity index (χ1) is 11.6. The molecule has 0 atom stereocenters. The SMILES string of the molecule is CCc1ccc(OC(=O)/C=C\C(=O)Oc2ccc(CC)cc2)cc1. The van der Waals surface area contributed by atoms with Crippen LogP contribution in [-0.4, -0.2) is 11.9 Å². The summed E-state index contributed by atoms with van der Waals surface area (Å²) in [6, 6.07) is 14.4. The highest BCUT2D eigenvalue weighted by Crippen LogP contribution is 2.14. The molecule has 0 fully saturated rings. The molecule has 4 nitrogen and oxygen atoms in total. The van der Waals surface area contributed by atoms with Crippen LogP contribution in [0.2, 0.25) is 0 Å². The molecule has 4 heteroatoms. The molecule has 2 rings (SSSR count). The summed E-state index contributed by atoms with van der Waals surface area (Å²) < 4.78 is 10.2. The lowest BCUT2D eigenvalue weighted by atomic mass is 10.2. The summed E-state index contributed by atoms with van der Waals surface area (Å²) >= 11 is 0. The molecule has 0 unspecified atom stereocenters. The second kappa shape index (κ2) is 8.67. The van der Waals surface area contributed by atoms with Gasteiger partial charge in [-0.25, -0.2) is 9.59 Å². The van der Waals surface area contributed by atoms with E-state index in [0.717, 1.165) is 36.1 Å². The predicted molar refractivity (Wildman–Crippen MR) is 92.1 cm³/mol. The summed E-state index contributed by atoms with van der Waals surface area (Å²) in [6.45, 7) is 4.09. The molecule has 0 saturated carbocycles. The quantitative estimate of drug-likeness (QED) is 0.460. The van der Waals surface area contributed by atoms with E-state index in [2.05, 4.69) is 0 Å². The zero-order valence-corrected chi connectivity index (χ0v) is 13.8. The van der Waals surface area contributed by atoms with E-state index in [1.165, 1.54) is 0 Å². The Morgan fingerprint density at radius 1 is 0.708 bits per heavy atom. The molecule has 2 aromatic carbocycles. The van der Waals surface area contributed by atoms with Crippen LogP contribution in [0.4, 0.5) is 0 Å². The number of esters is 2. The maximum absolute atomic E-state index is 11.7. The number of carbonyl (C=O) groups excluding carboxylic acids is 2. The van der Waals surface area contributed by atoms with Gasteiger partial charge in [0.2, 0.25) is 0 Å². The van der Waals surface area contributed by atoms with E-state index < -0.39 is 11.9 Å². The van der Waals surface area contributed by atoms with E-state index in [4.69, 9.17) is 9.47 Å². The molecule has 24 heavy (non-hydrogen) atoms. The van der Waals surface area contributed by atoms with Gasteiger partial charge in [-0.2, -0.15) is 0 Å². The standard InChI is InChI=1S/C20H20O4/c1-3-15-5-9-17(10-6-15)23-19(21)13-14-20(22)24-18-11-7-16(4-2)8-12-18/h5-14H,3-4H2,1-2H3/b14-13-. The van der Waals surface area contributed by atoms with Crippen molar-refractivity contribution in [2.45, 2.75) is 26.7 Å². The van der Waals surface area contributed by atoms with Crippen molar-refractivity contribution >= 4 is 11.9 Å². The molecular weight excluding hydrogens is 304 g/mol. The van der Waals surface area contributed by atoms with Crippen molar-refractivity contribution in [1.82, 2.24) is 0 Å². The van der Waals surface area contributed by atoms with Gasteiger partial charge in [0.1, 0.15) is 11.5 Å². The zero-order chi connectivity index (χ0) is 17.4. The highest BCUT2D eigenvalue weighted by molar-refractivity contribution is 5.93. The van der Waals surface area contributed by atoms with Gasteiger partial charge in [0, 0.05) is 12.2 Å². The molecule has 0 aliphatic carbocycles. The van der Waals surface area contributed by atoms with Gasteiger partial charge in [-0.1, -0.05) is 38.1 Å². The van der Waals surface area contributed by atoms with Crippen molar-refractivity contribution in [2.24, 2.45) is 0 Å². The van der Waals surface area contributed by atoms with Gasteiger partial charge in [-0.3, -0.25) is 0 Å². The van der Waals surface area contributed by atoms with E-state index in [1.807, 2.05) is 38.1 Å². The number of carbonyl (C=O) groups is 2. The molecule has 0 N–H and O–H groups in total. The van der Waals surface area contributed by atoms with E-state index in [0.29, 0.717) is 11.5 Å². The Balaban J connectivity index is 1.86. The molecule has 0 heterocycles. The Bertz CT molecular complexity index is 649. The summed E-state index contributed by atoms with van der Waals surface area (Å²) in [4.78, 5) is 23.4. The van der Waals surface area contributed by atoms with Crippen LogP contribution in [0.3, 0.4) is 0 Å². The predicted octanol–water partition coefficient (Wildman–Crippen LogP) is 3.88. The monoisotopic (exact) mass is 324 g/mol. The maximum atomic E-state index is 11.7. The van der Waals surface area contributed by atoms with Crippen LogP contribution in [-0.2, 0) is 22.4 Å². The third-order valence-electron chi connectivity index (χ3n) is 3.46. The van der Waals surface area contributed by atoms with Gasteiger partial charge in [0.15, 0.2) is 0 Å². The molecule has 124 valence electrons. The molecule has 0 aliphatic rings. The average molecular weight is 324 g/mol. The van der Waals surface area contributed by atoms with Crippen molar-refractivity contribution < 1.29 is 19.1 Å². The molecule has 0 amide bonds. The second-order valence-corrected chi connectivity index (χ2v) is 5.17. The Hall–Kier alpha value is -2.88. The highest BCUT2D eigenvalue weighted by Gasteiger charge is 2.04. The minimum absolute atomic E-state index is 0.436. The first-order valence-electron chi connectivity index (χ1n) is 7.90. The van der Waals surface area contributed by atoms with Gasteiger partial charge in [-0.15, -0.1) is 0 Å². The Labute approximate surface area is 141 Å². The van der Waals surface area contributed by atoms with Crippen LogP contribution in [0.25, 0.3) is 0 Å². The van der Waals surface area contributed by atoms with Gasteiger partial charge in [0.05, 0.1) is 0 Å². The molecule has 0 aliphatic heterocycles. The van der Waals surface area contributed by atoms with Crippen molar-refractivity contribution in [3.8, 4) is 11.5 Å². The Morgan fingerprint density at radius 3 is 1.33 bits per heavy atom. The molecule has 0 saturated heterocycles. The third kappa shape index (κ3) is 5.39. The largest absolute Gasteiger partial charge is 0.423 e. The number of hydrogen-bond donors (Lipinski definition) is 0. The maximum Gasteiger partial charge on any atom is 0.336 e. The van der Waals surface area contributed by atoms with Crippen molar-refractivity contribution in [1.29, 1.82) is 0 Å². The van der Waals surface area contributed by atoms with Gasteiger partial charge >= 0.3 is 11.9 Å². The summed E-state index contributed by atoms with van der Waals surface area (Å²) in [6.07, 6.45) is 3.94. The minimum Gasteiger partial charge on any atom is -0.423 e. The molecule has 0 radical (unpaired) electrons. The molecule has 0 bridgehead atoms. The van der Waals surface area contributed by atoms with Crippen molar-refractivity contribution in [3.05, 3.63) is 71.8 Å². The Morgan fingerprint density at radius 2 is 1.04 bits per heavy atom. The number of aryl methyl sites for hydroxylation is 2. The highest BCUT2D eigenvalue weighted by atomic mass is 16.5. The first-order valence-corrected chi connectivity index (χ1v) is 7.90. The topological polar surface area (TPSA) is 52.6 Å². The van der Waals surface area contributed by atoms with Crippen LogP contribution >= 0.6 is 0 Å². The van der Waals surface area contributed by atoms with Gasteiger partial charge in [-0.05, 0) is 48.2 Å². The molecule has 0 spiro atoms. The smallest absolute Gasteiger partial charge is 0.336 e. The second-order valence-electron chi connectivity index (χ2n) is 5.17. The summed E-state index contributed by atoms with van der Waals surface area (Å²) in [5, 5.41) is 0. The number of benzene rings is 2. The van der Waals surface area contributed by atoms with Crippen LogP contribution in [0.15, 0.2) is 60.7 Å². The number of ether oxygens (including phenoxy) is 2. The van der Waals surface area contributed by atoms with Crippen molar-refractivity contribution in [3.63, 3.8) is 0 Å². The fourth-order valence-electron chi connectivity index (χ4n) is 2.02. The zero-order valence-electron chi connectivity index (χ0n) is 13.8. The van der Waals surface area contributed by atoms with Crippen LogP contribution < -0.4 is 9.47 Å². The van der Waals surface area contributed by atoms with E-state index in [-0.39, 0.29) is 0 Å². The number of rotatable bonds is 6. The summed E-state index contributed by atoms with van der Waals surface area (Å²) in [5.41, 5.74) is 2.31. The fraction of sp³-hybridized carbons (Fsp3) is 0.200. The van der Waals surface area contributed by atoms with Crippen LogP contribution in [0, 0.1) is 0 Å². The lowest BCUT2D eigenvalue weighted by Gasteiger charge is -2.03. The average Bonchev–Trinajstić information content (AvgIpc) is 2.61. The van der Waals surface area contributed by atoms with Crippen LogP contribution in [0.5, 0.6) is 11.5 Å². The summed E-state index contributed by atoms with van der Waals surface area (Å²) in [7, 11) is 0. The van der Waals surface area contributed by atoms with E-state index in [9.17, 15) is 9.59 Å². The minimum atomic E-state index is -0.627. The molecular formula is C20H20O4. The van der Waals surface area contributed by atoms with Crippen LogP contribution in [0.1, 0.15) is 25.0 Å². The lowest BCUT2D eigenvalue weighted by Crippen LogP contribution is -2.08. The Kier molecular flexibility index (Phi) is 6.32. The van der Waals surface area contributed by atoms with Gasteiger partial charge in [0.25, 0.3) is 0 Å². The summed E-state index contributed by atoms with van der Waals surface area (Å²) in [5.74, 6) is -0.384. The molecule has 2 aromatic rings. The molecule has 0 aromatic heterocycles. The van der Waals surface area contributed by atoms with Crippen molar-refractivity contribution in [2.75, 3.05) is 0 Å². The first kappa shape index (κ1) is 17.5. The normalized spacial score (nSPS) is 10.6. The fourth-order valence-corrected chi connectivity index (χ4v) is 2.02. The third-order valence-corrected chi connectivity index (χ3v) is 3.46.